The maximum atomic E-state index is 5.74. The van der Waals surface area contributed by atoms with Crippen LogP contribution in [-0.4, -0.2) is 14.5 Å². The van der Waals surface area contributed by atoms with Crippen LogP contribution in [0.1, 0.15) is 25.1 Å². The highest BCUT2D eigenvalue weighted by atomic mass is 15.2. The smallest absolute Gasteiger partial charge is 0.235 e. The third kappa shape index (κ3) is 4.12. The van der Waals surface area contributed by atoms with E-state index in [0.29, 0.717) is 5.95 Å². The van der Waals surface area contributed by atoms with Crippen LogP contribution in [0.25, 0.3) is 115 Å². The second-order valence-corrected chi connectivity index (χ2v) is 16.5. The van der Waals surface area contributed by atoms with Crippen LogP contribution >= 0.6 is 0 Å². The van der Waals surface area contributed by atoms with E-state index in [9.17, 15) is 0 Å². The lowest BCUT2D eigenvalue weighted by atomic mass is 9.85. The van der Waals surface area contributed by atoms with Gasteiger partial charge in [0.1, 0.15) is 0 Å². The van der Waals surface area contributed by atoms with Crippen LogP contribution in [-0.2, 0) is 5.41 Å². The first kappa shape index (κ1) is 31.8. The fourth-order valence-corrected chi connectivity index (χ4v) is 10.5. The third-order valence-corrected chi connectivity index (χ3v) is 13.1. The molecule has 0 radical (unpaired) electrons. The van der Waals surface area contributed by atoms with Crippen molar-refractivity contribution in [2.75, 3.05) is 0 Å². The molecule has 0 bridgehead atoms. The van der Waals surface area contributed by atoms with Gasteiger partial charge in [-0.3, -0.25) is 4.57 Å². The minimum atomic E-state index is -0.339. The molecule has 3 heteroatoms. The van der Waals surface area contributed by atoms with Gasteiger partial charge in [0, 0.05) is 38.1 Å². The van der Waals surface area contributed by atoms with Crippen LogP contribution in [0.4, 0.5) is 0 Å². The fourth-order valence-electron chi connectivity index (χ4n) is 10.5. The summed E-state index contributed by atoms with van der Waals surface area (Å²) in [5, 5.41) is 17.3. The number of hydrogen-bond donors (Lipinski definition) is 0. The maximum absolute atomic E-state index is 5.74. The topological polar surface area (TPSA) is 30.7 Å². The first-order valence-corrected chi connectivity index (χ1v) is 20.2. The normalized spacial score (nSPS) is 13.5. The van der Waals surface area contributed by atoms with Crippen LogP contribution in [0.2, 0.25) is 0 Å². The molecule has 0 fully saturated rings. The lowest BCUT2D eigenvalue weighted by Crippen LogP contribution is -2.18. The van der Waals surface area contributed by atoms with Gasteiger partial charge in [0.05, 0.1) is 22.4 Å². The van der Waals surface area contributed by atoms with Crippen molar-refractivity contribution in [3.8, 4) is 28.3 Å². The fraction of sp³-hybridized carbons (Fsp3) is 0.0545. The van der Waals surface area contributed by atoms with Crippen LogP contribution in [0.15, 0.2) is 176 Å². The Labute approximate surface area is 334 Å². The summed E-state index contributed by atoms with van der Waals surface area (Å²) < 4.78 is 2.37. The molecule has 13 rings (SSSR count). The Bertz CT molecular complexity index is 3740. The SMILES string of the molecule is CC1(C)c2ccccc2-c2c(-c3ccc4c(ccc5ccccc54)c3)nc(-n3c4ccc5c6ccccc6c6ccccc6c5c4c4ccc5ccccc5c43)nc21. The van der Waals surface area contributed by atoms with Gasteiger partial charge in [-0.05, 0) is 77.1 Å². The molecule has 1 aliphatic carbocycles. The van der Waals surface area contributed by atoms with Crippen molar-refractivity contribution in [2.45, 2.75) is 19.3 Å². The van der Waals surface area contributed by atoms with E-state index < -0.39 is 0 Å². The molecule has 0 saturated heterocycles. The maximum Gasteiger partial charge on any atom is 0.235 e. The second kappa shape index (κ2) is 11.4. The molecular weight excluding hydrogens is 703 g/mol. The Kier molecular flexibility index (Phi) is 6.23. The molecule has 3 nitrogen and oxygen atoms in total. The van der Waals surface area contributed by atoms with Gasteiger partial charge in [-0.25, -0.2) is 9.97 Å². The van der Waals surface area contributed by atoms with Gasteiger partial charge >= 0.3 is 0 Å². The average Bonchev–Trinajstić information content (AvgIpc) is 3.74. The Morgan fingerprint density at radius 1 is 0.431 bits per heavy atom. The number of rotatable bonds is 2. The lowest BCUT2D eigenvalue weighted by Gasteiger charge is -2.21. The zero-order valence-corrected chi connectivity index (χ0v) is 32.1. The Morgan fingerprint density at radius 2 is 0.983 bits per heavy atom. The van der Waals surface area contributed by atoms with E-state index in [4.69, 9.17) is 9.97 Å². The number of hydrogen-bond acceptors (Lipinski definition) is 2. The number of benzene rings is 10. The van der Waals surface area contributed by atoms with Crippen molar-refractivity contribution < 1.29 is 0 Å². The lowest BCUT2D eigenvalue weighted by molar-refractivity contribution is 0.632. The van der Waals surface area contributed by atoms with E-state index in [1.54, 1.807) is 0 Å². The molecule has 0 atom stereocenters. The molecule has 270 valence electrons. The summed E-state index contributed by atoms with van der Waals surface area (Å²) in [4.78, 5) is 11.4. The highest BCUT2D eigenvalue weighted by Gasteiger charge is 2.40. The Hall–Kier alpha value is -7.36. The highest BCUT2D eigenvalue weighted by molar-refractivity contribution is 6.36. The van der Waals surface area contributed by atoms with E-state index in [0.717, 1.165) is 33.5 Å². The predicted molar refractivity (Wildman–Crippen MR) is 244 cm³/mol. The van der Waals surface area contributed by atoms with Crippen molar-refractivity contribution in [3.05, 3.63) is 187 Å². The van der Waals surface area contributed by atoms with E-state index in [-0.39, 0.29) is 5.41 Å². The molecule has 12 aromatic rings. The van der Waals surface area contributed by atoms with Crippen molar-refractivity contribution in [3.63, 3.8) is 0 Å². The molecule has 0 spiro atoms. The van der Waals surface area contributed by atoms with Crippen molar-refractivity contribution in [1.82, 2.24) is 14.5 Å². The molecule has 0 aliphatic heterocycles. The summed E-state index contributed by atoms with van der Waals surface area (Å²) in [6.45, 7) is 4.63. The van der Waals surface area contributed by atoms with Crippen molar-refractivity contribution in [1.29, 1.82) is 0 Å². The quantitative estimate of drug-likeness (QED) is 0.165. The zero-order chi connectivity index (χ0) is 38.3. The summed E-state index contributed by atoms with van der Waals surface area (Å²) in [7, 11) is 0. The molecule has 0 N–H and O–H groups in total. The Morgan fingerprint density at radius 3 is 1.78 bits per heavy atom. The molecule has 0 saturated carbocycles. The van der Waals surface area contributed by atoms with Crippen molar-refractivity contribution in [2.24, 2.45) is 0 Å². The van der Waals surface area contributed by atoms with Crippen LogP contribution in [0.5, 0.6) is 0 Å². The molecule has 0 unspecified atom stereocenters. The summed E-state index contributed by atoms with van der Waals surface area (Å²) in [5.74, 6) is 0.689. The summed E-state index contributed by atoms with van der Waals surface area (Å²) in [6, 6.07) is 64.5. The standard InChI is InChI=1S/C55H35N3/c1-55(2)46-22-12-11-21-44(46)50-51(35-26-27-37-34(31-35)24-23-32-13-3-5-15-36(32)37)56-54(57-53(50)55)58-47-30-29-43-41-19-8-7-17-39(41)40-18-9-10-20-42(40)48(43)49(47)45-28-25-33-14-4-6-16-38(33)52(45)58/h3-31H,1-2H3. The van der Waals surface area contributed by atoms with Gasteiger partial charge in [0.2, 0.25) is 5.95 Å². The zero-order valence-electron chi connectivity index (χ0n) is 32.1. The van der Waals surface area contributed by atoms with E-state index in [2.05, 4.69) is 194 Å². The first-order valence-electron chi connectivity index (χ1n) is 20.2. The first-order chi connectivity index (χ1) is 28.5. The largest absolute Gasteiger partial charge is 0.277 e. The highest BCUT2D eigenvalue weighted by Crippen LogP contribution is 2.52. The molecule has 0 amide bonds. The molecule has 1 aliphatic rings. The van der Waals surface area contributed by atoms with Gasteiger partial charge in [0.25, 0.3) is 0 Å². The predicted octanol–water partition coefficient (Wildman–Crippen LogP) is 14.5. The number of aromatic nitrogens is 3. The van der Waals surface area contributed by atoms with Gasteiger partial charge in [0.15, 0.2) is 0 Å². The van der Waals surface area contributed by atoms with Gasteiger partial charge in [-0.1, -0.05) is 178 Å². The van der Waals surface area contributed by atoms with Gasteiger partial charge < -0.3 is 0 Å². The molecule has 2 heterocycles. The summed E-state index contributed by atoms with van der Waals surface area (Å²) in [5.41, 5.74) is 8.60. The van der Waals surface area contributed by atoms with E-state index >= 15 is 0 Å². The molecule has 2 aromatic heterocycles. The minimum absolute atomic E-state index is 0.339. The minimum Gasteiger partial charge on any atom is -0.277 e. The molecule has 10 aromatic carbocycles. The summed E-state index contributed by atoms with van der Waals surface area (Å²) >= 11 is 0. The van der Waals surface area contributed by atoms with Crippen LogP contribution in [0.3, 0.4) is 0 Å². The number of fused-ring (bicyclic) bond motifs is 18. The van der Waals surface area contributed by atoms with E-state index in [1.165, 1.54) is 86.5 Å². The Balaban J connectivity index is 1.20. The van der Waals surface area contributed by atoms with Gasteiger partial charge in [-0.15, -0.1) is 0 Å². The van der Waals surface area contributed by atoms with E-state index in [1.807, 2.05) is 0 Å². The second-order valence-electron chi connectivity index (χ2n) is 16.5. The summed E-state index contributed by atoms with van der Waals surface area (Å²) in [6.07, 6.45) is 0. The van der Waals surface area contributed by atoms with Crippen LogP contribution < -0.4 is 0 Å². The molecule has 58 heavy (non-hydrogen) atoms. The van der Waals surface area contributed by atoms with Gasteiger partial charge in [-0.2, -0.15) is 0 Å². The monoisotopic (exact) mass is 737 g/mol. The average molecular weight is 738 g/mol. The van der Waals surface area contributed by atoms with Crippen LogP contribution in [0, 0.1) is 0 Å². The molecular formula is C55H35N3. The number of nitrogens with zero attached hydrogens (tertiary/aromatic N) is 3. The third-order valence-electron chi connectivity index (χ3n) is 13.1. The van der Waals surface area contributed by atoms with Crippen molar-refractivity contribution >= 4 is 86.4 Å².